The van der Waals surface area contributed by atoms with Crippen molar-refractivity contribution in [1.29, 1.82) is 0 Å². The Hall–Kier alpha value is -1.03. The van der Waals surface area contributed by atoms with Crippen LogP contribution in [0.4, 0.5) is 0 Å². The Labute approximate surface area is 294 Å². The van der Waals surface area contributed by atoms with Gasteiger partial charge in [-0.05, 0) is 39.0 Å². The van der Waals surface area contributed by atoms with E-state index in [1.807, 2.05) is 6.92 Å². The van der Waals surface area contributed by atoms with Gasteiger partial charge in [-0.15, -0.1) is 0 Å². The summed E-state index contributed by atoms with van der Waals surface area (Å²) in [6, 6.07) is 0. The van der Waals surface area contributed by atoms with Crippen LogP contribution in [0.5, 0.6) is 0 Å². The number of carbonyl (C=O) groups is 1. The van der Waals surface area contributed by atoms with Gasteiger partial charge in [0.1, 0.15) is 6.23 Å². The monoisotopic (exact) mass is 875 g/mol. The predicted molar refractivity (Wildman–Crippen MR) is 172 cm³/mol. The Morgan fingerprint density at radius 3 is 1.85 bits per heavy atom. The largest absolute Gasteiger partial charge is 0.490 e. The van der Waals surface area contributed by atoms with Gasteiger partial charge in [0.15, 0.2) is 0 Å². The average molecular weight is 875 g/mol. The van der Waals surface area contributed by atoms with E-state index in [2.05, 4.69) is 40.9 Å². The zero-order valence-corrected chi connectivity index (χ0v) is 32.6. The lowest BCUT2D eigenvalue weighted by Gasteiger charge is -2.21. The topological polar surface area (TPSA) is 382 Å². The molecule has 0 bridgehead atoms. The van der Waals surface area contributed by atoms with Crippen LogP contribution in [0.1, 0.15) is 70.1 Å². The summed E-state index contributed by atoms with van der Waals surface area (Å²) in [4.78, 5) is 95.0. The molecule has 26 nitrogen and oxygen atoms in total. The van der Waals surface area contributed by atoms with E-state index in [-0.39, 0.29) is 30.7 Å². The minimum Gasteiger partial charge on any atom is -0.356 e. The van der Waals surface area contributed by atoms with E-state index in [1.165, 1.54) is 13.1 Å². The number of aryl methyl sites for hydroxylation is 1. The van der Waals surface area contributed by atoms with Crippen molar-refractivity contribution >= 4 is 52.8 Å². The summed E-state index contributed by atoms with van der Waals surface area (Å²) in [7, 11) is -36.4. The minimum atomic E-state index is -6.42. The lowest BCUT2D eigenvalue weighted by Crippen LogP contribution is -2.33. The number of rotatable bonds is 24. The van der Waals surface area contributed by atoms with E-state index in [9.17, 15) is 71.1 Å². The van der Waals surface area contributed by atoms with Crippen molar-refractivity contribution in [1.82, 2.24) is 14.9 Å². The molecule has 2 heterocycles. The molecule has 302 valence electrons. The first-order valence-corrected chi connectivity index (χ1v) is 23.8. The Balaban J connectivity index is 1.83. The molecule has 0 aliphatic carbocycles. The highest BCUT2D eigenvalue weighted by molar-refractivity contribution is 7.72. The Bertz CT molecular complexity index is 1800. The second-order valence-electron chi connectivity index (χ2n) is 10.6. The Morgan fingerprint density at radius 1 is 0.808 bits per heavy atom. The standard InChI is InChI=1S/C20H39N3O23P6/c1-3-8-17(24)21-11-6-4-5-7-12-39-47(27,28)42-49(31,32)44-51(35,36)46-52(37,38)45-50(33,34)43-48(29,30)40-14-16-9-10-18(41-16)23-13-15(2)19(25)22-20(23)26/h13,16,18H,3-12,14H2,1-2H3,(H,21,24)(H,27,28)(H,29,30)(H,31,32)(H,33,34)(H,35,36)(H,37,38)(H,22,25,26)/t16-,18+/m0/s1. The molecule has 8 N–H and O–H groups in total. The van der Waals surface area contributed by atoms with Gasteiger partial charge < -0.3 is 39.4 Å². The Kier molecular flexibility index (Phi) is 17.9. The molecule has 2 rings (SSSR count). The smallest absolute Gasteiger partial charge is 0.356 e. The molecule has 0 saturated carbocycles. The molecule has 1 aromatic heterocycles. The van der Waals surface area contributed by atoms with Crippen LogP contribution in [0.25, 0.3) is 0 Å². The van der Waals surface area contributed by atoms with Gasteiger partial charge in [-0.2, -0.15) is 21.6 Å². The van der Waals surface area contributed by atoms with Crippen molar-refractivity contribution in [3.05, 3.63) is 32.6 Å². The van der Waals surface area contributed by atoms with Crippen LogP contribution >= 0.6 is 46.9 Å². The van der Waals surface area contributed by atoms with Crippen LogP contribution in [-0.2, 0) is 67.5 Å². The number of ether oxygens (including phenoxy) is 1. The predicted octanol–water partition coefficient (Wildman–Crippen LogP) is 2.72. The molecule has 1 aromatic rings. The number of phosphoric acid groups is 6. The van der Waals surface area contributed by atoms with Gasteiger partial charge in [0.05, 0.1) is 19.3 Å². The number of carbonyl (C=O) groups excluding carboxylic acids is 1. The number of aromatic nitrogens is 2. The first-order valence-electron chi connectivity index (χ1n) is 14.8. The number of amides is 1. The van der Waals surface area contributed by atoms with Crippen LogP contribution < -0.4 is 16.6 Å². The summed E-state index contributed by atoms with van der Waals surface area (Å²) in [5.74, 6) is -0.113. The summed E-state index contributed by atoms with van der Waals surface area (Å²) in [6.07, 6.45) is 2.17. The highest BCUT2D eigenvalue weighted by Crippen LogP contribution is 2.75. The molecule has 6 unspecified atom stereocenters. The zero-order valence-electron chi connectivity index (χ0n) is 27.3. The molecule has 0 radical (unpaired) electrons. The summed E-state index contributed by atoms with van der Waals surface area (Å²) < 4.78 is 106. The van der Waals surface area contributed by atoms with Crippen molar-refractivity contribution in [2.45, 2.75) is 77.5 Å². The summed E-state index contributed by atoms with van der Waals surface area (Å²) in [5.41, 5.74) is -1.28. The number of aromatic amines is 1. The van der Waals surface area contributed by atoms with Gasteiger partial charge >= 0.3 is 52.6 Å². The molecular weight excluding hydrogens is 836 g/mol. The van der Waals surface area contributed by atoms with Gasteiger partial charge in [0.2, 0.25) is 5.91 Å². The second-order valence-corrected chi connectivity index (χ2v) is 20.0. The first kappa shape index (κ1) is 47.1. The van der Waals surface area contributed by atoms with Gasteiger partial charge in [0.25, 0.3) is 5.56 Å². The molecule has 1 saturated heterocycles. The summed E-state index contributed by atoms with van der Waals surface area (Å²) in [6.45, 7) is 2.29. The third-order valence-electron chi connectivity index (χ3n) is 6.12. The molecule has 0 spiro atoms. The molecule has 8 atom stereocenters. The fraction of sp³-hybridized carbons (Fsp3) is 0.750. The first-order chi connectivity index (χ1) is 23.7. The summed E-state index contributed by atoms with van der Waals surface area (Å²) in [5, 5.41) is 2.68. The molecule has 32 heteroatoms. The van der Waals surface area contributed by atoms with Crippen molar-refractivity contribution in [3.8, 4) is 0 Å². The maximum absolute atomic E-state index is 12.2. The normalized spacial score (nSPS) is 23.3. The maximum atomic E-state index is 12.2. The highest BCUT2D eigenvalue weighted by Gasteiger charge is 2.49. The fourth-order valence-electron chi connectivity index (χ4n) is 4.05. The van der Waals surface area contributed by atoms with Gasteiger partial charge in [-0.3, -0.25) is 28.2 Å². The number of nitrogens with zero attached hydrogens (tertiary/aromatic N) is 1. The average Bonchev–Trinajstić information content (AvgIpc) is 3.41. The van der Waals surface area contributed by atoms with Gasteiger partial charge in [-0.25, -0.2) is 32.2 Å². The van der Waals surface area contributed by atoms with Gasteiger partial charge in [0, 0.05) is 24.7 Å². The third kappa shape index (κ3) is 18.1. The lowest BCUT2D eigenvalue weighted by molar-refractivity contribution is -0.121. The SMILES string of the molecule is CCCC(=O)NCCCCCCOP(=O)(O)OP(=O)(O)OP(=O)(O)OP(=O)(O)OP(=O)(O)OP(=O)(O)OC[C@@H]1CC[C@H](n2cc(C)c(=O)[nH]c2=O)O1. The fourth-order valence-corrected chi connectivity index (χ4v) is 11.9. The van der Waals surface area contributed by atoms with Crippen LogP contribution in [0, 0.1) is 6.92 Å². The van der Waals surface area contributed by atoms with Gasteiger partial charge in [-0.1, -0.05) is 19.8 Å². The molecule has 0 aromatic carbocycles. The van der Waals surface area contributed by atoms with E-state index in [1.54, 1.807) is 0 Å². The zero-order chi connectivity index (χ0) is 39.6. The minimum absolute atomic E-state index is 0.0898. The number of hydrogen-bond donors (Lipinski definition) is 8. The second kappa shape index (κ2) is 19.7. The molecule has 1 aliphatic rings. The number of hydrogen-bond acceptors (Lipinski definition) is 17. The quantitative estimate of drug-likeness (QED) is 0.0546. The van der Waals surface area contributed by atoms with Crippen molar-refractivity contribution in [2.24, 2.45) is 0 Å². The number of H-pyrrole nitrogens is 1. The van der Waals surface area contributed by atoms with E-state index in [0.29, 0.717) is 38.6 Å². The van der Waals surface area contributed by atoms with Crippen LogP contribution in [0.15, 0.2) is 15.8 Å². The molecular formula is C20H39N3O23P6. The third-order valence-corrected chi connectivity index (χ3v) is 15.4. The number of nitrogens with one attached hydrogen (secondary N) is 2. The Morgan fingerprint density at radius 2 is 1.31 bits per heavy atom. The van der Waals surface area contributed by atoms with E-state index in [0.717, 1.165) is 4.57 Å². The van der Waals surface area contributed by atoms with Crippen LogP contribution in [0.3, 0.4) is 0 Å². The van der Waals surface area contributed by atoms with Crippen LogP contribution in [-0.4, -0.2) is 70.7 Å². The van der Waals surface area contributed by atoms with Crippen molar-refractivity contribution in [3.63, 3.8) is 0 Å². The number of unbranched alkanes of at least 4 members (excludes halogenated alkanes) is 3. The molecule has 1 amide bonds. The van der Waals surface area contributed by atoms with E-state index >= 15 is 0 Å². The van der Waals surface area contributed by atoms with Crippen molar-refractivity contribution < 1.29 is 96.9 Å². The number of phosphoric ester groups is 2. The molecule has 1 fully saturated rings. The lowest BCUT2D eigenvalue weighted by atomic mass is 10.2. The molecule has 1 aliphatic heterocycles. The molecule has 52 heavy (non-hydrogen) atoms. The highest BCUT2D eigenvalue weighted by atomic mass is 31.3. The maximum Gasteiger partial charge on any atom is 0.490 e. The van der Waals surface area contributed by atoms with Crippen molar-refractivity contribution in [2.75, 3.05) is 19.8 Å². The summed E-state index contributed by atoms with van der Waals surface area (Å²) >= 11 is 0. The van der Waals surface area contributed by atoms with Crippen LogP contribution in [0.2, 0.25) is 0 Å². The van der Waals surface area contributed by atoms with E-state index in [4.69, 9.17) is 4.74 Å². The van der Waals surface area contributed by atoms with E-state index < -0.39 is 83.7 Å².